The summed E-state index contributed by atoms with van der Waals surface area (Å²) in [5.74, 6) is 1.75. The van der Waals surface area contributed by atoms with Crippen LogP contribution in [0.3, 0.4) is 0 Å². The third-order valence-electron chi connectivity index (χ3n) is 27.3. The van der Waals surface area contributed by atoms with Crippen LogP contribution in [-0.4, -0.2) is 204 Å². The average molecular weight is 2040 g/mol. The Balaban J connectivity index is 0.000000188. The Hall–Kier alpha value is -8.37. The molecule has 8 aromatic carbocycles. The molecule has 0 radical (unpaired) electrons. The number of likely N-dealkylation sites (tertiary alicyclic amines) is 2. The quantitative estimate of drug-likeness (QED) is 0.0368. The lowest BCUT2D eigenvalue weighted by molar-refractivity contribution is 0.104. The number of anilines is 6. The van der Waals surface area contributed by atoms with E-state index in [4.69, 9.17) is 9.47 Å². The van der Waals surface area contributed by atoms with Gasteiger partial charge in [0.15, 0.2) is 0 Å². The molecule has 824 valence electrons. The van der Waals surface area contributed by atoms with Gasteiger partial charge in [-0.15, -0.1) is 0 Å². The highest BCUT2D eigenvalue weighted by atomic mass is 19.1. The standard InChI is InChI=1S/C17H27FN2.C17H28N2.C17H27NO.C16H25FN2.C16H26N2.C16H25NO.C15H23FN2.C15H24N2/c1-12-10-20(11-13(2)19-12)16-7-6-14(8-15(16)18)9-17(3,4)5;1-17(2,3)12-14-7-9-15(10-8-14)18-16-6-5-11-19(4)13-16;1-17(2,3)12-14-7-9-15(10-8-14)19-16-6-5-11-18(4)13-16;1-12-11-19(8-7-18-12)15-6-5-13(9-14(15)17)10-16(2,3)4;2*1-16(2,3)11-13-6-8-14(9-7-13)18-15-5-4-10-17-12-15;1-15(2,3)11-12-4-5-14(13(16)10-12)18-8-6-17-7-9-18;1-15(2,3)12-13-4-6-14(7-5-13)17-10-8-16-9-11-17/h6-8,12-13,19H,9-11H2,1-5H3;7-10,16,18H,5-6,11-13H2,1-4H3;7-10,16H,5-6,11-13H2,1-4H3;5-6,9,12,18H,7-8,10-11H2,1-4H3;6-9,15,17-18H,4-5,10-12H2,1-3H3;6-9,15,17H,4-5,10-12H2,1-3H3;4-5,10,17H,6-9,11H2,1-3H3;4-7,16H,8-12H2,1-3H3/t12-,13+;;;;;;;. The van der Waals surface area contributed by atoms with Gasteiger partial charge < -0.3 is 81.4 Å². The van der Waals surface area contributed by atoms with Gasteiger partial charge in [-0.05, 0) is 349 Å². The van der Waals surface area contributed by atoms with Gasteiger partial charge in [-0.2, -0.15) is 0 Å². The fraction of sp³-hybridized carbons (Fsp3) is 0.628. The van der Waals surface area contributed by atoms with Crippen LogP contribution in [0, 0.1) is 60.8 Å². The van der Waals surface area contributed by atoms with Crippen LogP contribution in [0.5, 0.6) is 11.5 Å². The van der Waals surface area contributed by atoms with Crippen molar-refractivity contribution in [3.8, 4) is 11.5 Å². The van der Waals surface area contributed by atoms with Gasteiger partial charge >= 0.3 is 0 Å². The molecule has 148 heavy (non-hydrogen) atoms. The number of likely N-dealkylation sites (N-methyl/N-ethyl adjacent to an activating group) is 2. The number of nitrogens with one attached hydrogen (secondary N) is 8. The summed E-state index contributed by atoms with van der Waals surface area (Å²) in [6.45, 7) is 81.7. The van der Waals surface area contributed by atoms with E-state index in [0.717, 1.165) is 221 Å². The molecule has 0 aromatic heterocycles. The molecule has 16 rings (SSSR count). The molecule has 8 heterocycles. The van der Waals surface area contributed by atoms with Crippen LogP contribution in [0.4, 0.5) is 47.3 Å². The van der Waals surface area contributed by atoms with Crippen molar-refractivity contribution < 1.29 is 22.6 Å². The van der Waals surface area contributed by atoms with Crippen LogP contribution >= 0.6 is 0 Å². The minimum Gasteiger partial charge on any atom is -0.489 e. The molecule has 7 atom stereocenters. The SMILES string of the molecule is CC(C)(C)Cc1ccc(N2CCNCC2)c(F)c1.CC(C)(C)Cc1ccc(N2CCNCC2)cc1.CC(C)(C)Cc1ccc(NC2CCCNC2)cc1.CC(C)(C)Cc1ccc(OC2CCCNC2)cc1.CC1CN(c2ccc(CC(C)(C)C)cc2F)CCN1.CN1CCCC(Nc2ccc(CC(C)(C)C)cc2)C1.CN1CCCC(Oc2ccc(CC(C)(C)C)cc2)C1.C[C@@H]1CN(c2ccc(CC(C)(C)C)cc2F)C[C@H](C)N1. The number of hydrogen-bond donors (Lipinski definition) is 8. The summed E-state index contributed by atoms with van der Waals surface area (Å²) in [5.41, 5.74) is 18.8. The number of hydrogen-bond acceptors (Lipinski definition) is 16. The van der Waals surface area contributed by atoms with Gasteiger partial charge in [-0.3, -0.25) is 0 Å². The lowest BCUT2D eigenvalue weighted by atomic mass is 9.88. The largest absolute Gasteiger partial charge is 0.489 e. The first-order valence-corrected chi connectivity index (χ1v) is 56.9. The highest BCUT2D eigenvalue weighted by Crippen LogP contribution is 2.35. The molecule has 0 bridgehead atoms. The van der Waals surface area contributed by atoms with E-state index in [-0.39, 0.29) is 33.7 Å². The van der Waals surface area contributed by atoms with Crippen molar-refractivity contribution >= 4 is 34.1 Å². The predicted octanol–water partition coefficient (Wildman–Crippen LogP) is 26.7. The van der Waals surface area contributed by atoms with Gasteiger partial charge in [-0.25, -0.2) is 13.2 Å². The van der Waals surface area contributed by atoms with Gasteiger partial charge in [0, 0.05) is 159 Å². The van der Waals surface area contributed by atoms with E-state index >= 15 is 0 Å². The summed E-state index contributed by atoms with van der Waals surface area (Å²) in [6.07, 6.45) is 19.0. The van der Waals surface area contributed by atoms with Gasteiger partial charge in [0.25, 0.3) is 0 Å². The maximum atomic E-state index is 14.4. The lowest BCUT2D eigenvalue weighted by Gasteiger charge is -2.37. The molecule has 8 fully saturated rings. The second-order valence-corrected chi connectivity index (χ2v) is 53.9. The number of nitrogens with zero attached hydrogens (tertiary/aromatic N) is 6. The number of benzene rings is 8. The van der Waals surface area contributed by atoms with Gasteiger partial charge in [0.2, 0.25) is 0 Å². The summed E-state index contributed by atoms with van der Waals surface area (Å²) in [6, 6.07) is 63.8. The molecule has 8 aliphatic rings. The Bertz CT molecular complexity index is 4880. The van der Waals surface area contributed by atoms with Crippen LogP contribution in [-0.2, 0) is 51.4 Å². The van der Waals surface area contributed by atoms with Gasteiger partial charge in [0.1, 0.15) is 41.2 Å². The van der Waals surface area contributed by atoms with Crippen LogP contribution < -0.4 is 71.6 Å². The van der Waals surface area contributed by atoms with E-state index in [2.05, 4.69) is 412 Å². The van der Waals surface area contributed by atoms with Crippen molar-refractivity contribution in [3.63, 3.8) is 0 Å². The van der Waals surface area contributed by atoms with E-state index in [0.29, 0.717) is 69.5 Å². The highest BCUT2D eigenvalue weighted by Gasteiger charge is 2.29. The first-order chi connectivity index (χ1) is 69.5. The minimum absolute atomic E-state index is 0.0846. The molecular weight excluding hydrogens is 1830 g/mol. The number of halogens is 3. The van der Waals surface area contributed by atoms with Crippen LogP contribution in [0.2, 0.25) is 0 Å². The van der Waals surface area contributed by atoms with Crippen LogP contribution in [0.1, 0.15) is 283 Å². The van der Waals surface area contributed by atoms with E-state index in [1.165, 1.54) is 109 Å². The Labute approximate surface area is 899 Å². The van der Waals surface area contributed by atoms with E-state index < -0.39 is 0 Å². The summed E-state index contributed by atoms with van der Waals surface area (Å²) in [5, 5.41) is 27.6. The maximum absolute atomic E-state index is 14.4. The fourth-order valence-electron chi connectivity index (χ4n) is 21.0. The molecule has 0 spiro atoms. The highest BCUT2D eigenvalue weighted by molar-refractivity contribution is 5.54. The molecule has 8 aliphatic heterocycles. The van der Waals surface area contributed by atoms with E-state index in [9.17, 15) is 13.2 Å². The molecule has 5 unspecified atom stereocenters. The molecule has 16 nitrogen and oxygen atoms in total. The molecule has 19 heteroatoms. The zero-order valence-electron chi connectivity index (χ0n) is 98.1. The molecule has 0 saturated carbocycles. The first-order valence-electron chi connectivity index (χ1n) is 56.9. The monoisotopic (exact) mass is 2040 g/mol. The van der Waals surface area contributed by atoms with Crippen molar-refractivity contribution in [2.75, 3.05) is 182 Å². The minimum atomic E-state index is -0.0898. The molecule has 0 amide bonds. The van der Waals surface area contributed by atoms with Gasteiger partial charge in [0.05, 0.1) is 17.1 Å². The third kappa shape index (κ3) is 50.0. The molecule has 8 aromatic rings. The Kier molecular flexibility index (Phi) is 48.8. The van der Waals surface area contributed by atoms with Crippen LogP contribution in [0.15, 0.2) is 176 Å². The number of ether oxygens (including phenoxy) is 2. The molecule has 0 aliphatic carbocycles. The Morgan fingerprint density at radius 3 is 0.959 bits per heavy atom. The lowest BCUT2D eigenvalue weighted by Crippen LogP contribution is -2.54. The van der Waals surface area contributed by atoms with E-state index in [1.807, 2.05) is 18.2 Å². The topological polar surface area (TPSA) is 134 Å². The van der Waals surface area contributed by atoms with E-state index in [1.54, 1.807) is 18.2 Å². The summed E-state index contributed by atoms with van der Waals surface area (Å²) >= 11 is 0. The van der Waals surface area contributed by atoms with Crippen LogP contribution in [0.25, 0.3) is 0 Å². The van der Waals surface area contributed by atoms with Crippen molar-refractivity contribution in [3.05, 3.63) is 238 Å². The van der Waals surface area contributed by atoms with Gasteiger partial charge in [-0.1, -0.05) is 245 Å². The normalized spacial score (nSPS) is 20.5. The maximum Gasteiger partial charge on any atom is 0.146 e. The molecule has 8 saturated heterocycles. The molecular formula is C129H205F3N14O2. The Morgan fingerprint density at radius 2 is 0.595 bits per heavy atom. The number of rotatable bonds is 20. The predicted molar refractivity (Wildman–Crippen MR) is 632 cm³/mol. The third-order valence-corrected chi connectivity index (χ3v) is 27.3. The van der Waals surface area contributed by atoms with Crippen molar-refractivity contribution in [2.24, 2.45) is 43.3 Å². The summed E-state index contributed by atoms with van der Waals surface area (Å²) in [7, 11) is 4.38. The van der Waals surface area contributed by atoms with Crippen molar-refractivity contribution in [2.45, 2.75) is 332 Å². The first kappa shape index (κ1) is 123. The fourth-order valence-corrected chi connectivity index (χ4v) is 21.0. The van der Waals surface area contributed by atoms with Crippen molar-refractivity contribution in [1.82, 2.24) is 41.7 Å². The molecule has 8 N–H and O–H groups in total. The Morgan fingerprint density at radius 1 is 0.284 bits per heavy atom. The zero-order valence-corrected chi connectivity index (χ0v) is 98.1. The van der Waals surface area contributed by atoms with Crippen molar-refractivity contribution in [1.29, 1.82) is 0 Å². The summed E-state index contributed by atoms with van der Waals surface area (Å²) in [4.78, 5) is 13.6. The number of piperidine rings is 4. The zero-order chi connectivity index (χ0) is 108. The second kappa shape index (κ2) is 58.6. The smallest absolute Gasteiger partial charge is 0.146 e. The second-order valence-electron chi connectivity index (χ2n) is 53.9. The number of piperazine rings is 4. The average Bonchev–Trinajstić information content (AvgIpc) is 0.805. The summed E-state index contributed by atoms with van der Waals surface area (Å²) < 4.78 is 54.9.